The van der Waals surface area contributed by atoms with Gasteiger partial charge in [0.2, 0.25) is 11.8 Å². The Kier molecular flexibility index (Phi) is 5.14. The molecule has 2 aromatic heterocycles. The second-order valence-electron chi connectivity index (χ2n) is 4.48. The summed E-state index contributed by atoms with van der Waals surface area (Å²) in [7, 11) is 1.81. The van der Waals surface area contributed by atoms with Crippen molar-refractivity contribution < 1.29 is 9.47 Å². The molecule has 0 saturated heterocycles. The van der Waals surface area contributed by atoms with Gasteiger partial charge in [0.1, 0.15) is 10.9 Å². The van der Waals surface area contributed by atoms with Crippen molar-refractivity contribution in [2.45, 2.75) is 33.3 Å². The fraction of sp³-hybridized carbons (Fsp3) is 0.571. The molecule has 2 aromatic rings. The van der Waals surface area contributed by atoms with Gasteiger partial charge in [-0.1, -0.05) is 6.92 Å². The van der Waals surface area contributed by atoms with Gasteiger partial charge in [-0.15, -0.1) is 11.3 Å². The Labute approximate surface area is 123 Å². The van der Waals surface area contributed by atoms with Crippen LogP contribution in [0.2, 0.25) is 0 Å². The molecule has 0 aliphatic heterocycles. The smallest absolute Gasteiger partial charge is 0.227 e. The number of ether oxygens (including phenoxy) is 2. The zero-order valence-electron chi connectivity index (χ0n) is 12.4. The monoisotopic (exact) mass is 295 g/mol. The van der Waals surface area contributed by atoms with Crippen LogP contribution in [0, 0.1) is 0 Å². The molecule has 0 spiro atoms. The maximum Gasteiger partial charge on any atom is 0.227 e. The average Bonchev–Trinajstić information content (AvgIpc) is 2.88. The van der Waals surface area contributed by atoms with E-state index in [0.29, 0.717) is 25.0 Å². The number of aryl methyl sites for hydroxylation is 1. The van der Waals surface area contributed by atoms with E-state index < -0.39 is 0 Å². The Morgan fingerprint density at radius 3 is 2.80 bits per heavy atom. The van der Waals surface area contributed by atoms with Crippen LogP contribution in [-0.2, 0) is 11.2 Å². The molecule has 0 fully saturated rings. The van der Waals surface area contributed by atoms with E-state index >= 15 is 0 Å². The molecule has 0 aliphatic rings. The second-order valence-corrected chi connectivity index (χ2v) is 5.59. The Bertz CT molecular complexity index is 571. The summed E-state index contributed by atoms with van der Waals surface area (Å²) in [4.78, 5) is 11.1. The van der Waals surface area contributed by atoms with Crippen molar-refractivity contribution in [3.63, 3.8) is 0 Å². The van der Waals surface area contributed by atoms with Gasteiger partial charge >= 0.3 is 0 Å². The topological polar surface area (TPSA) is 56.3 Å². The van der Waals surface area contributed by atoms with E-state index in [-0.39, 0.29) is 6.10 Å². The van der Waals surface area contributed by atoms with Gasteiger partial charge in [-0.25, -0.2) is 4.98 Å². The molecular weight excluding hydrogens is 274 g/mol. The van der Waals surface area contributed by atoms with Crippen LogP contribution in [0.5, 0.6) is 5.88 Å². The maximum atomic E-state index is 5.92. The van der Waals surface area contributed by atoms with Crippen molar-refractivity contribution >= 4 is 27.5 Å². The van der Waals surface area contributed by atoms with E-state index in [9.17, 15) is 0 Å². The van der Waals surface area contributed by atoms with Gasteiger partial charge < -0.3 is 14.8 Å². The number of hydrogen-bond acceptors (Lipinski definition) is 6. The Hall–Kier alpha value is -1.40. The molecule has 1 atom stereocenters. The fourth-order valence-corrected chi connectivity index (χ4v) is 2.79. The first-order valence-corrected chi connectivity index (χ1v) is 7.72. The summed E-state index contributed by atoms with van der Waals surface area (Å²) in [6.07, 6.45) is 0.951. The van der Waals surface area contributed by atoms with Gasteiger partial charge in [-0.3, -0.25) is 0 Å². The van der Waals surface area contributed by atoms with Gasteiger partial charge in [-0.05, 0) is 26.3 Å². The van der Waals surface area contributed by atoms with Crippen molar-refractivity contribution in [3.8, 4) is 5.88 Å². The van der Waals surface area contributed by atoms with Crippen molar-refractivity contribution in [1.29, 1.82) is 0 Å². The van der Waals surface area contributed by atoms with Crippen LogP contribution in [0.25, 0.3) is 10.2 Å². The predicted octanol–water partition coefficient (Wildman–Crippen LogP) is 3.10. The van der Waals surface area contributed by atoms with Gasteiger partial charge in [0.15, 0.2) is 0 Å². The molecule has 0 radical (unpaired) electrons. The van der Waals surface area contributed by atoms with E-state index in [1.54, 1.807) is 11.3 Å². The number of aromatic nitrogens is 2. The Balaban J connectivity index is 2.31. The molecule has 110 valence electrons. The predicted molar refractivity (Wildman–Crippen MR) is 82.9 cm³/mol. The van der Waals surface area contributed by atoms with Crippen LogP contribution in [-0.4, -0.2) is 36.3 Å². The minimum atomic E-state index is -0.0391. The summed E-state index contributed by atoms with van der Waals surface area (Å²) in [6, 6.07) is 2.11. The number of nitrogens with one attached hydrogen (secondary N) is 1. The van der Waals surface area contributed by atoms with Gasteiger partial charge in [-0.2, -0.15) is 4.98 Å². The van der Waals surface area contributed by atoms with Crippen molar-refractivity contribution in [2.75, 3.05) is 25.6 Å². The lowest BCUT2D eigenvalue weighted by Crippen LogP contribution is -2.20. The third kappa shape index (κ3) is 3.37. The van der Waals surface area contributed by atoms with E-state index in [1.807, 2.05) is 20.9 Å². The molecule has 20 heavy (non-hydrogen) atoms. The summed E-state index contributed by atoms with van der Waals surface area (Å²) >= 11 is 1.68. The third-order valence-electron chi connectivity index (χ3n) is 2.85. The Morgan fingerprint density at radius 1 is 1.35 bits per heavy atom. The highest BCUT2D eigenvalue weighted by Crippen LogP contribution is 2.32. The minimum Gasteiger partial charge on any atom is -0.472 e. The van der Waals surface area contributed by atoms with Gasteiger partial charge in [0.25, 0.3) is 0 Å². The minimum absolute atomic E-state index is 0.0391. The molecule has 6 heteroatoms. The number of fused-ring (bicyclic) bond motifs is 1. The van der Waals surface area contributed by atoms with Crippen LogP contribution >= 0.6 is 11.3 Å². The normalized spacial score (nSPS) is 12.6. The fourth-order valence-electron chi connectivity index (χ4n) is 1.83. The molecule has 5 nitrogen and oxygen atoms in total. The van der Waals surface area contributed by atoms with E-state index in [1.165, 1.54) is 4.88 Å². The molecule has 1 N–H and O–H groups in total. The summed E-state index contributed by atoms with van der Waals surface area (Å²) in [5, 5.41) is 3.96. The molecule has 0 saturated carbocycles. The zero-order valence-corrected chi connectivity index (χ0v) is 13.2. The first kappa shape index (κ1) is 15.0. The summed E-state index contributed by atoms with van der Waals surface area (Å²) in [6.45, 7) is 7.33. The van der Waals surface area contributed by atoms with E-state index in [4.69, 9.17) is 9.47 Å². The molecular formula is C14H21N3O2S. The first-order chi connectivity index (χ1) is 9.67. The van der Waals surface area contributed by atoms with Gasteiger partial charge in [0.05, 0.1) is 12.0 Å². The number of nitrogens with zero attached hydrogens (tertiary/aromatic N) is 2. The lowest BCUT2D eigenvalue weighted by molar-refractivity contribution is 0.0643. The molecule has 0 bridgehead atoms. The molecule has 0 aliphatic carbocycles. The largest absolute Gasteiger partial charge is 0.472 e. The van der Waals surface area contributed by atoms with Crippen LogP contribution in [0.15, 0.2) is 6.07 Å². The Morgan fingerprint density at radius 2 is 2.15 bits per heavy atom. The van der Waals surface area contributed by atoms with Crippen molar-refractivity contribution in [2.24, 2.45) is 0 Å². The summed E-state index contributed by atoms with van der Waals surface area (Å²) in [5.74, 6) is 1.21. The van der Waals surface area contributed by atoms with Crippen molar-refractivity contribution in [1.82, 2.24) is 9.97 Å². The van der Waals surface area contributed by atoms with Crippen LogP contribution in [0.4, 0.5) is 5.95 Å². The zero-order chi connectivity index (χ0) is 14.5. The molecule has 0 amide bonds. The van der Waals surface area contributed by atoms with E-state index in [0.717, 1.165) is 16.6 Å². The standard InChI is InChI=1S/C14H21N3O2S/c1-5-10-7-11-12(19-9(3)8-18-6-2)16-14(15-4)17-13(11)20-10/h7,9H,5-6,8H2,1-4H3,(H,15,16,17). The number of rotatable bonds is 7. The lowest BCUT2D eigenvalue weighted by Gasteiger charge is -2.14. The summed E-state index contributed by atoms with van der Waals surface area (Å²) < 4.78 is 11.3. The first-order valence-electron chi connectivity index (χ1n) is 6.90. The number of thiophene rings is 1. The quantitative estimate of drug-likeness (QED) is 0.850. The van der Waals surface area contributed by atoms with Gasteiger partial charge in [0, 0.05) is 18.5 Å². The summed E-state index contributed by atoms with van der Waals surface area (Å²) in [5.41, 5.74) is 0. The number of hydrogen-bond donors (Lipinski definition) is 1. The van der Waals surface area contributed by atoms with E-state index in [2.05, 4.69) is 28.3 Å². The highest BCUT2D eigenvalue weighted by molar-refractivity contribution is 7.18. The molecule has 0 aromatic carbocycles. The van der Waals surface area contributed by atoms with Crippen LogP contribution in [0.1, 0.15) is 25.6 Å². The highest BCUT2D eigenvalue weighted by Gasteiger charge is 2.14. The molecule has 1 unspecified atom stereocenters. The third-order valence-corrected chi connectivity index (χ3v) is 4.02. The SMILES string of the molecule is CCOCC(C)Oc1nc(NC)nc2sc(CC)cc12. The second kappa shape index (κ2) is 6.85. The molecule has 2 rings (SSSR count). The maximum absolute atomic E-state index is 5.92. The van der Waals surface area contributed by atoms with Crippen molar-refractivity contribution in [3.05, 3.63) is 10.9 Å². The van der Waals surface area contributed by atoms with Crippen LogP contribution in [0.3, 0.4) is 0 Å². The average molecular weight is 295 g/mol. The molecule has 2 heterocycles. The number of anilines is 1. The van der Waals surface area contributed by atoms with Crippen LogP contribution < -0.4 is 10.1 Å². The lowest BCUT2D eigenvalue weighted by atomic mass is 10.3. The highest BCUT2D eigenvalue weighted by atomic mass is 32.1.